The number of hydrogen-bond acceptors (Lipinski definition) is 2. The van der Waals surface area contributed by atoms with Crippen molar-refractivity contribution in [2.24, 2.45) is 0 Å². The highest BCUT2D eigenvalue weighted by Gasteiger charge is 2.17. The standard InChI is InChI=1S/C15H17NO2/c1-11-3-4-12(2)16(11)14-7-5-13(6-8-14)15-17-9-10-18-15/h3-8,15H,9-10H2,1-2H3. The van der Waals surface area contributed by atoms with Crippen molar-refractivity contribution in [3.05, 3.63) is 53.3 Å². The van der Waals surface area contributed by atoms with Crippen LogP contribution in [0.15, 0.2) is 36.4 Å². The second-order valence-corrected chi connectivity index (χ2v) is 4.62. The summed E-state index contributed by atoms with van der Waals surface area (Å²) < 4.78 is 13.2. The lowest BCUT2D eigenvalue weighted by atomic mass is 10.2. The first kappa shape index (κ1) is 11.5. The summed E-state index contributed by atoms with van der Waals surface area (Å²) in [4.78, 5) is 0. The molecule has 1 aromatic carbocycles. The Kier molecular flexibility index (Phi) is 2.94. The third-order valence-corrected chi connectivity index (χ3v) is 3.32. The van der Waals surface area contributed by atoms with E-state index in [-0.39, 0.29) is 6.29 Å². The molecule has 1 aliphatic heterocycles. The van der Waals surface area contributed by atoms with E-state index < -0.39 is 0 Å². The van der Waals surface area contributed by atoms with Crippen LogP contribution in [0.3, 0.4) is 0 Å². The minimum atomic E-state index is -0.189. The number of aryl methyl sites for hydroxylation is 2. The Balaban J connectivity index is 1.91. The topological polar surface area (TPSA) is 23.4 Å². The van der Waals surface area contributed by atoms with Crippen molar-refractivity contribution >= 4 is 0 Å². The van der Waals surface area contributed by atoms with Crippen LogP contribution in [0, 0.1) is 13.8 Å². The molecular formula is C15H17NO2. The molecule has 1 saturated heterocycles. The van der Waals surface area contributed by atoms with E-state index >= 15 is 0 Å². The molecule has 1 fully saturated rings. The summed E-state index contributed by atoms with van der Waals surface area (Å²) in [6, 6.07) is 12.6. The molecule has 3 rings (SSSR count). The molecule has 0 amide bonds. The fraction of sp³-hybridized carbons (Fsp3) is 0.333. The van der Waals surface area contributed by atoms with Crippen molar-refractivity contribution < 1.29 is 9.47 Å². The smallest absolute Gasteiger partial charge is 0.184 e. The second kappa shape index (κ2) is 4.59. The van der Waals surface area contributed by atoms with E-state index in [4.69, 9.17) is 9.47 Å². The van der Waals surface area contributed by atoms with Crippen LogP contribution in [0.4, 0.5) is 0 Å². The van der Waals surface area contributed by atoms with E-state index in [0.29, 0.717) is 13.2 Å². The van der Waals surface area contributed by atoms with Crippen LogP contribution >= 0.6 is 0 Å². The fourth-order valence-corrected chi connectivity index (χ4v) is 2.41. The minimum absolute atomic E-state index is 0.189. The lowest BCUT2D eigenvalue weighted by Crippen LogP contribution is -2.01. The molecule has 2 aromatic rings. The van der Waals surface area contributed by atoms with Crippen LogP contribution < -0.4 is 0 Å². The van der Waals surface area contributed by atoms with E-state index in [9.17, 15) is 0 Å². The van der Waals surface area contributed by atoms with Gasteiger partial charge in [-0.25, -0.2) is 0 Å². The summed E-state index contributed by atoms with van der Waals surface area (Å²) in [5.41, 5.74) is 4.75. The molecule has 0 radical (unpaired) electrons. The Bertz CT molecular complexity index is 517. The van der Waals surface area contributed by atoms with Crippen molar-refractivity contribution in [1.82, 2.24) is 4.57 Å². The van der Waals surface area contributed by atoms with Gasteiger partial charge in [0, 0.05) is 22.6 Å². The Hall–Kier alpha value is -1.58. The van der Waals surface area contributed by atoms with Crippen LogP contribution in [0.2, 0.25) is 0 Å². The zero-order chi connectivity index (χ0) is 12.5. The lowest BCUT2D eigenvalue weighted by Gasteiger charge is -2.12. The maximum atomic E-state index is 5.49. The van der Waals surface area contributed by atoms with Crippen molar-refractivity contribution in [1.29, 1.82) is 0 Å². The average Bonchev–Trinajstić information content (AvgIpc) is 3.01. The molecule has 1 aliphatic rings. The van der Waals surface area contributed by atoms with Gasteiger partial charge in [0.15, 0.2) is 6.29 Å². The van der Waals surface area contributed by atoms with Gasteiger partial charge in [-0.15, -0.1) is 0 Å². The number of aromatic nitrogens is 1. The van der Waals surface area contributed by atoms with Gasteiger partial charge in [0.05, 0.1) is 13.2 Å². The number of nitrogens with zero attached hydrogens (tertiary/aromatic N) is 1. The van der Waals surface area contributed by atoms with Gasteiger partial charge in [-0.1, -0.05) is 12.1 Å². The van der Waals surface area contributed by atoms with Crippen molar-refractivity contribution in [2.75, 3.05) is 13.2 Å². The van der Waals surface area contributed by atoms with E-state index in [1.807, 2.05) is 0 Å². The van der Waals surface area contributed by atoms with Gasteiger partial charge in [0.2, 0.25) is 0 Å². The number of rotatable bonds is 2. The Labute approximate surface area is 107 Å². The van der Waals surface area contributed by atoms with Crippen molar-refractivity contribution in [3.8, 4) is 5.69 Å². The van der Waals surface area contributed by atoms with Gasteiger partial charge in [0.1, 0.15) is 0 Å². The summed E-state index contributed by atoms with van der Waals surface area (Å²) in [6.07, 6.45) is -0.189. The summed E-state index contributed by atoms with van der Waals surface area (Å²) in [6.45, 7) is 5.60. The fourth-order valence-electron chi connectivity index (χ4n) is 2.41. The molecule has 0 atom stereocenters. The monoisotopic (exact) mass is 243 g/mol. The summed E-state index contributed by atoms with van der Waals surface area (Å²) in [5, 5.41) is 0. The van der Waals surface area contributed by atoms with Gasteiger partial charge in [0.25, 0.3) is 0 Å². The Morgan fingerprint density at radius 1 is 0.889 bits per heavy atom. The third-order valence-electron chi connectivity index (χ3n) is 3.32. The van der Waals surface area contributed by atoms with Crippen LogP contribution in [0.1, 0.15) is 23.2 Å². The van der Waals surface area contributed by atoms with E-state index in [0.717, 1.165) is 5.56 Å². The molecule has 94 valence electrons. The van der Waals surface area contributed by atoms with Gasteiger partial charge < -0.3 is 14.0 Å². The highest BCUT2D eigenvalue weighted by molar-refractivity contribution is 5.39. The molecule has 2 heterocycles. The molecule has 1 aromatic heterocycles. The van der Waals surface area contributed by atoms with Crippen LogP contribution in [0.5, 0.6) is 0 Å². The Morgan fingerprint density at radius 3 is 2.00 bits per heavy atom. The Morgan fingerprint density at radius 2 is 1.44 bits per heavy atom. The van der Waals surface area contributed by atoms with E-state index in [1.54, 1.807) is 0 Å². The van der Waals surface area contributed by atoms with E-state index in [1.165, 1.54) is 17.1 Å². The third kappa shape index (κ3) is 1.96. The minimum Gasteiger partial charge on any atom is -0.346 e. The molecule has 0 spiro atoms. The predicted molar refractivity (Wildman–Crippen MR) is 69.9 cm³/mol. The largest absolute Gasteiger partial charge is 0.346 e. The van der Waals surface area contributed by atoms with Crippen molar-refractivity contribution in [3.63, 3.8) is 0 Å². The number of benzene rings is 1. The van der Waals surface area contributed by atoms with Crippen LogP contribution in [-0.4, -0.2) is 17.8 Å². The van der Waals surface area contributed by atoms with Gasteiger partial charge in [-0.3, -0.25) is 0 Å². The summed E-state index contributed by atoms with van der Waals surface area (Å²) in [7, 11) is 0. The van der Waals surface area contributed by atoms with Gasteiger partial charge >= 0.3 is 0 Å². The first-order valence-corrected chi connectivity index (χ1v) is 6.24. The molecule has 18 heavy (non-hydrogen) atoms. The quantitative estimate of drug-likeness (QED) is 0.809. The molecule has 0 N–H and O–H groups in total. The normalized spacial score (nSPS) is 16.3. The highest BCUT2D eigenvalue weighted by Crippen LogP contribution is 2.25. The van der Waals surface area contributed by atoms with Crippen LogP contribution in [0.25, 0.3) is 5.69 Å². The maximum absolute atomic E-state index is 5.49. The molecule has 0 unspecified atom stereocenters. The molecular weight excluding hydrogens is 226 g/mol. The average molecular weight is 243 g/mol. The molecule has 3 heteroatoms. The van der Waals surface area contributed by atoms with Gasteiger partial charge in [-0.05, 0) is 38.1 Å². The zero-order valence-corrected chi connectivity index (χ0v) is 10.7. The molecule has 0 bridgehead atoms. The van der Waals surface area contributed by atoms with Crippen LogP contribution in [-0.2, 0) is 9.47 Å². The number of hydrogen-bond donors (Lipinski definition) is 0. The highest BCUT2D eigenvalue weighted by atomic mass is 16.7. The summed E-state index contributed by atoms with van der Waals surface area (Å²) in [5.74, 6) is 0. The van der Waals surface area contributed by atoms with Gasteiger partial charge in [-0.2, -0.15) is 0 Å². The predicted octanol–water partition coefficient (Wildman–Crippen LogP) is 3.14. The molecule has 3 nitrogen and oxygen atoms in total. The first-order chi connectivity index (χ1) is 8.75. The van der Waals surface area contributed by atoms with Crippen molar-refractivity contribution in [2.45, 2.75) is 20.1 Å². The maximum Gasteiger partial charge on any atom is 0.184 e. The van der Waals surface area contributed by atoms with E-state index in [2.05, 4.69) is 54.8 Å². The zero-order valence-electron chi connectivity index (χ0n) is 10.7. The lowest BCUT2D eigenvalue weighted by molar-refractivity contribution is -0.0441. The first-order valence-electron chi connectivity index (χ1n) is 6.24. The summed E-state index contributed by atoms with van der Waals surface area (Å²) >= 11 is 0. The molecule has 0 aliphatic carbocycles. The number of ether oxygens (including phenoxy) is 2. The SMILES string of the molecule is Cc1ccc(C)n1-c1ccc(C2OCCO2)cc1. The second-order valence-electron chi connectivity index (χ2n) is 4.62. The molecule has 0 saturated carbocycles.